The van der Waals surface area contributed by atoms with Crippen LogP contribution in [0.2, 0.25) is 0 Å². The summed E-state index contributed by atoms with van der Waals surface area (Å²) in [5.74, 6) is 0.789. The van der Waals surface area contributed by atoms with Crippen molar-refractivity contribution in [2.75, 3.05) is 5.32 Å². The van der Waals surface area contributed by atoms with Gasteiger partial charge in [-0.15, -0.1) is 12.6 Å². The minimum atomic E-state index is -0.320. The first-order chi connectivity index (χ1) is 11.2. The summed E-state index contributed by atoms with van der Waals surface area (Å²) in [6.45, 7) is 0.590. The van der Waals surface area contributed by atoms with E-state index in [0.717, 1.165) is 10.5 Å². The Morgan fingerprint density at radius 3 is 2.44 bits per heavy atom. The first-order valence-corrected chi connectivity index (χ1v) is 7.42. The summed E-state index contributed by atoms with van der Waals surface area (Å²) in [6, 6.07) is 15.5. The van der Waals surface area contributed by atoms with Crippen LogP contribution in [0, 0.1) is 5.82 Å². The van der Waals surface area contributed by atoms with Crippen LogP contribution in [0.4, 0.5) is 10.2 Å². The highest BCUT2D eigenvalue weighted by molar-refractivity contribution is 7.80. The number of halogens is 1. The average Bonchev–Trinajstić information content (AvgIpc) is 2.57. The quantitative estimate of drug-likeness (QED) is 0.679. The van der Waals surface area contributed by atoms with Gasteiger partial charge in [-0.2, -0.15) is 4.98 Å². The van der Waals surface area contributed by atoms with Gasteiger partial charge in [0.05, 0.1) is 0 Å². The van der Waals surface area contributed by atoms with Gasteiger partial charge in [0.25, 0.3) is 0 Å². The van der Waals surface area contributed by atoms with Gasteiger partial charge in [0.15, 0.2) is 0 Å². The molecule has 0 saturated heterocycles. The Balaban J connectivity index is 0.00000156. The molecule has 0 radical (unpaired) electrons. The van der Waals surface area contributed by atoms with Gasteiger partial charge in [-0.25, -0.2) is 9.37 Å². The molecule has 132 valence electrons. The minimum absolute atomic E-state index is 0. The van der Waals surface area contributed by atoms with Crippen molar-refractivity contribution in [3.63, 3.8) is 0 Å². The van der Waals surface area contributed by atoms with Crippen molar-refractivity contribution < 1.29 is 20.1 Å². The van der Waals surface area contributed by atoms with E-state index >= 15 is 0 Å². The molecule has 0 aliphatic heterocycles. The van der Waals surface area contributed by atoms with Crippen LogP contribution in [0.25, 0.3) is 0 Å². The van der Waals surface area contributed by atoms with Crippen LogP contribution in [0.5, 0.6) is 11.8 Å². The van der Waals surface area contributed by atoms with E-state index in [1.807, 2.05) is 24.3 Å². The highest BCUT2D eigenvalue weighted by atomic mass is 32.1. The minimum Gasteiger partial charge on any atom is -0.424 e. The van der Waals surface area contributed by atoms with E-state index in [1.54, 1.807) is 12.3 Å². The van der Waals surface area contributed by atoms with E-state index in [1.165, 1.54) is 24.3 Å². The molecule has 0 aliphatic carbocycles. The summed E-state index contributed by atoms with van der Waals surface area (Å²) in [7, 11) is 0. The smallest absolute Gasteiger partial charge is 0.323 e. The van der Waals surface area contributed by atoms with Crippen LogP contribution >= 0.6 is 12.6 Å². The monoisotopic (exact) mass is 363 g/mol. The SMILES string of the molecule is Fc1ccc(Oc2nccc(NCc3ccccc3S)n2)cc1.O.O. The van der Waals surface area contributed by atoms with E-state index < -0.39 is 0 Å². The zero-order chi connectivity index (χ0) is 16.1. The molecule has 0 saturated carbocycles. The van der Waals surface area contributed by atoms with Gasteiger partial charge in [0.2, 0.25) is 0 Å². The third-order valence-electron chi connectivity index (χ3n) is 3.11. The maximum Gasteiger partial charge on any atom is 0.323 e. The lowest BCUT2D eigenvalue weighted by molar-refractivity contribution is 0.441. The number of anilines is 1. The van der Waals surface area contributed by atoms with Gasteiger partial charge in [0.1, 0.15) is 17.4 Å². The molecule has 0 spiro atoms. The van der Waals surface area contributed by atoms with Crippen molar-refractivity contribution in [1.82, 2.24) is 9.97 Å². The Morgan fingerprint density at radius 1 is 1.00 bits per heavy atom. The third kappa shape index (κ3) is 5.71. The zero-order valence-electron chi connectivity index (χ0n) is 13.1. The lowest BCUT2D eigenvalue weighted by Crippen LogP contribution is -2.03. The van der Waals surface area contributed by atoms with Gasteiger partial charge in [0, 0.05) is 17.6 Å². The fourth-order valence-corrected chi connectivity index (χ4v) is 2.18. The largest absolute Gasteiger partial charge is 0.424 e. The van der Waals surface area contributed by atoms with Gasteiger partial charge in [-0.1, -0.05) is 18.2 Å². The number of hydrogen-bond acceptors (Lipinski definition) is 5. The second kappa shape index (κ2) is 9.58. The van der Waals surface area contributed by atoms with Crippen molar-refractivity contribution in [1.29, 1.82) is 0 Å². The lowest BCUT2D eigenvalue weighted by Gasteiger charge is -2.09. The number of benzene rings is 2. The van der Waals surface area contributed by atoms with Gasteiger partial charge < -0.3 is 21.0 Å². The van der Waals surface area contributed by atoms with Crippen LogP contribution in [0.1, 0.15) is 5.56 Å². The molecule has 0 atom stereocenters. The molecule has 3 rings (SSSR count). The maximum atomic E-state index is 12.9. The Kier molecular flexibility index (Phi) is 7.80. The first-order valence-electron chi connectivity index (χ1n) is 6.98. The van der Waals surface area contributed by atoms with Gasteiger partial charge >= 0.3 is 6.01 Å². The summed E-state index contributed by atoms with van der Waals surface area (Å²) in [6.07, 6.45) is 1.60. The number of rotatable bonds is 5. The molecule has 1 heterocycles. The molecule has 6 nitrogen and oxygen atoms in total. The highest BCUT2D eigenvalue weighted by Gasteiger charge is 2.04. The van der Waals surface area contributed by atoms with E-state index in [9.17, 15) is 4.39 Å². The fraction of sp³-hybridized carbons (Fsp3) is 0.0588. The molecule has 3 aromatic rings. The predicted molar refractivity (Wildman–Crippen MR) is 96.8 cm³/mol. The topological polar surface area (TPSA) is 110 Å². The standard InChI is InChI=1S/C17H14FN3OS.2H2O/c18-13-5-7-14(8-6-13)22-17-19-10-9-16(21-17)20-11-12-3-1-2-4-15(12)23;;/h1-10,23H,11H2,(H,19,20,21);2*1H2. The number of nitrogens with zero attached hydrogens (tertiary/aromatic N) is 2. The normalized spacial score (nSPS) is 9.52. The van der Waals surface area contributed by atoms with Gasteiger partial charge in [-0.3, -0.25) is 0 Å². The molecule has 1 aromatic heterocycles. The summed E-state index contributed by atoms with van der Waals surface area (Å²) < 4.78 is 18.4. The summed E-state index contributed by atoms with van der Waals surface area (Å²) in [4.78, 5) is 9.23. The van der Waals surface area contributed by atoms with Crippen LogP contribution < -0.4 is 10.1 Å². The lowest BCUT2D eigenvalue weighted by atomic mass is 10.2. The van der Waals surface area contributed by atoms with E-state index in [0.29, 0.717) is 18.1 Å². The van der Waals surface area contributed by atoms with Gasteiger partial charge in [-0.05, 0) is 42.0 Å². The van der Waals surface area contributed by atoms with Crippen LogP contribution in [-0.4, -0.2) is 20.9 Å². The summed E-state index contributed by atoms with van der Waals surface area (Å²) in [5, 5.41) is 3.20. The molecular weight excluding hydrogens is 345 g/mol. The van der Waals surface area contributed by atoms with Crippen molar-refractivity contribution in [3.05, 3.63) is 72.2 Å². The summed E-state index contributed by atoms with van der Waals surface area (Å²) >= 11 is 4.41. The van der Waals surface area contributed by atoms with Crippen molar-refractivity contribution in [3.8, 4) is 11.8 Å². The van der Waals surface area contributed by atoms with E-state index in [2.05, 4.69) is 27.9 Å². The molecule has 0 fully saturated rings. The Labute approximate surface area is 149 Å². The first kappa shape index (κ1) is 20.4. The number of thiol groups is 1. The molecule has 25 heavy (non-hydrogen) atoms. The Hall–Kier alpha value is -2.68. The molecule has 2 aromatic carbocycles. The van der Waals surface area contributed by atoms with Crippen molar-refractivity contribution in [2.24, 2.45) is 0 Å². The van der Waals surface area contributed by atoms with Crippen LogP contribution in [0.3, 0.4) is 0 Å². The molecule has 5 N–H and O–H groups in total. The molecular formula is C17H18FN3O3S. The van der Waals surface area contributed by atoms with Crippen molar-refractivity contribution in [2.45, 2.75) is 11.4 Å². The number of aromatic nitrogens is 2. The molecule has 8 heteroatoms. The maximum absolute atomic E-state index is 12.9. The van der Waals surface area contributed by atoms with Crippen LogP contribution in [-0.2, 0) is 6.54 Å². The van der Waals surface area contributed by atoms with Crippen molar-refractivity contribution >= 4 is 18.4 Å². The molecule has 0 bridgehead atoms. The average molecular weight is 363 g/mol. The highest BCUT2D eigenvalue weighted by Crippen LogP contribution is 2.19. The number of ether oxygens (including phenoxy) is 1. The number of hydrogen-bond donors (Lipinski definition) is 2. The fourth-order valence-electron chi connectivity index (χ4n) is 1.94. The summed E-state index contributed by atoms with van der Waals surface area (Å²) in [5.41, 5.74) is 1.07. The zero-order valence-corrected chi connectivity index (χ0v) is 14.0. The second-order valence-electron chi connectivity index (χ2n) is 4.76. The Morgan fingerprint density at radius 2 is 1.72 bits per heavy atom. The number of nitrogens with one attached hydrogen (secondary N) is 1. The van der Waals surface area contributed by atoms with E-state index in [4.69, 9.17) is 4.74 Å². The predicted octanol–water partition coefficient (Wildman–Crippen LogP) is 2.66. The third-order valence-corrected chi connectivity index (χ3v) is 3.54. The molecule has 0 unspecified atom stereocenters. The second-order valence-corrected chi connectivity index (χ2v) is 5.24. The van der Waals surface area contributed by atoms with Crippen LogP contribution in [0.15, 0.2) is 65.7 Å². The Bertz CT molecular complexity index is 803. The molecule has 0 aliphatic rings. The van der Waals surface area contributed by atoms with E-state index in [-0.39, 0.29) is 22.8 Å². The molecule has 0 amide bonds.